The zero-order chi connectivity index (χ0) is 15.2. The molecule has 0 radical (unpaired) electrons. The van der Waals surface area contributed by atoms with Gasteiger partial charge in [-0.2, -0.15) is 0 Å². The number of hydrogen-bond donors (Lipinski definition) is 0. The molecule has 1 amide bonds. The zero-order valence-corrected chi connectivity index (χ0v) is 12.5. The molecule has 0 N–H and O–H groups in total. The molecule has 1 atom stereocenters. The standard InChI is InChI=1S/C16H21NO4/c1-3-10-21-13-7-4-6-12(11-13)15(18)17-9-5-8-14(17)16(19)20-2/h4,6-7,11,14H,3,5,8-10H2,1-2H3. The van der Waals surface area contributed by atoms with Crippen molar-refractivity contribution in [3.63, 3.8) is 0 Å². The molecule has 5 heteroatoms. The molecule has 1 fully saturated rings. The largest absolute Gasteiger partial charge is 0.494 e. The molecule has 0 bridgehead atoms. The van der Waals surface area contributed by atoms with E-state index in [4.69, 9.17) is 9.47 Å². The second-order valence-corrected chi connectivity index (χ2v) is 5.06. The molecule has 1 heterocycles. The number of likely N-dealkylation sites (tertiary alicyclic amines) is 1. The number of nitrogens with zero attached hydrogens (tertiary/aromatic N) is 1. The van der Waals surface area contributed by atoms with Crippen LogP contribution in [-0.2, 0) is 9.53 Å². The summed E-state index contributed by atoms with van der Waals surface area (Å²) in [7, 11) is 1.35. The Morgan fingerprint density at radius 3 is 2.90 bits per heavy atom. The zero-order valence-electron chi connectivity index (χ0n) is 12.5. The van der Waals surface area contributed by atoms with Crippen molar-refractivity contribution in [3.05, 3.63) is 29.8 Å². The Morgan fingerprint density at radius 1 is 1.38 bits per heavy atom. The molecular formula is C16H21NO4. The SMILES string of the molecule is CCCOc1cccc(C(=O)N2CCCC2C(=O)OC)c1. The third kappa shape index (κ3) is 3.54. The van der Waals surface area contributed by atoms with Crippen LogP contribution in [0.5, 0.6) is 5.75 Å². The first-order valence-electron chi connectivity index (χ1n) is 7.29. The van der Waals surface area contributed by atoms with Gasteiger partial charge in [0, 0.05) is 12.1 Å². The van der Waals surface area contributed by atoms with Gasteiger partial charge in [0.15, 0.2) is 0 Å². The van der Waals surface area contributed by atoms with Gasteiger partial charge in [-0.05, 0) is 37.5 Å². The number of ether oxygens (including phenoxy) is 2. The molecule has 1 aromatic rings. The third-order valence-corrected chi connectivity index (χ3v) is 3.54. The van der Waals surface area contributed by atoms with Crippen LogP contribution in [0.25, 0.3) is 0 Å². The molecule has 1 aliphatic heterocycles. The summed E-state index contributed by atoms with van der Waals surface area (Å²) in [6.07, 6.45) is 2.39. The van der Waals surface area contributed by atoms with Crippen LogP contribution in [-0.4, -0.2) is 43.1 Å². The van der Waals surface area contributed by atoms with Gasteiger partial charge in [0.1, 0.15) is 11.8 Å². The first-order valence-corrected chi connectivity index (χ1v) is 7.29. The van der Waals surface area contributed by atoms with Crippen molar-refractivity contribution >= 4 is 11.9 Å². The number of benzene rings is 1. The molecule has 0 saturated carbocycles. The normalized spacial score (nSPS) is 17.6. The molecular weight excluding hydrogens is 270 g/mol. The van der Waals surface area contributed by atoms with Crippen molar-refractivity contribution in [1.82, 2.24) is 4.90 Å². The first kappa shape index (κ1) is 15.4. The van der Waals surface area contributed by atoms with Crippen molar-refractivity contribution in [2.75, 3.05) is 20.3 Å². The highest BCUT2D eigenvalue weighted by Crippen LogP contribution is 2.23. The van der Waals surface area contributed by atoms with E-state index in [-0.39, 0.29) is 11.9 Å². The Morgan fingerprint density at radius 2 is 2.19 bits per heavy atom. The summed E-state index contributed by atoms with van der Waals surface area (Å²) >= 11 is 0. The van der Waals surface area contributed by atoms with E-state index < -0.39 is 6.04 Å². The van der Waals surface area contributed by atoms with Crippen LogP contribution in [0.15, 0.2) is 24.3 Å². The van der Waals surface area contributed by atoms with Crippen LogP contribution < -0.4 is 4.74 Å². The van der Waals surface area contributed by atoms with E-state index in [0.29, 0.717) is 30.9 Å². The van der Waals surface area contributed by atoms with Gasteiger partial charge in [-0.15, -0.1) is 0 Å². The van der Waals surface area contributed by atoms with E-state index in [1.165, 1.54) is 7.11 Å². The quantitative estimate of drug-likeness (QED) is 0.781. The highest BCUT2D eigenvalue weighted by Gasteiger charge is 2.35. The first-order chi connectivity index (χ1) is 10.2. The van der Waals surface area contributed by atoms with Crippen molar-refractivity contribution in [2.45, 2.75) is 32.2 Å². The van der Waals surface area contributed by atoms with E-state index in [1.807, 2.05) is 13.0 Å². The van der Waals surface area contributed by atoms with Gasteiger partial charge in [-0.3, -0.25) is 4.79 Å². The van der Waals surface area contributed by atoms with Crippen molar-refractivity contribution in [3.8, 4) is 5.75 Å². The summed E-state index contributed by atoms with van der Waals surface area (Å²) in [5, 5.41) is 0. The van der Waals surface area contributed by atoms with Crippen LogP contribution in [0.4, 0.5) is 0 Å². The Bertz CT molecular complexity index is 515. The van der Waals surface area contributed by atoms with E-state index >= 15 is 0 Å². The third-order valence-electron chi connectivity index (χ3n) is 3.54. The van der Waals surface area contributed by atoms with E-state index in [2.05, 4.69) is 0 Å². The summed E-state index contributed by atoms with van der Waals surface area (Å²) in [6.45, 7) is 3.23. The molecule has 5 nitrogen and oxygen atoms in total. The van der Waals surface area contributed by atoms with Crippen LogP contribution in [0, 0.1) is 0 Å². The van der Waals surface area contributed by atoms with Crippen LogP contribution in [0.1, 0.15) is 36.5 Å². The van der Waals surface area contributed by atoms with Gasteiger partial charge >= 0.3 is 5.97 Å². The van der Waals surface area contributed by atoms with Gasteiger partial charge in [-0.25, -0.2) is 4.79 Å². The molecule has 1 aromatic carbocycles. The Kier molecular flexibility index (Phi) is 5.20. The number of methoxy groups -OCH3 is 1. The lowest BCUT2D eigenvalue weighted by Crippen LogP contribution is -2.41. The predicted octanol–water partition coefficient (Wildman–Crippen LogP) is 2.25. The molecule has 0 aromatic heterocycles. The van der Waals surface area contributed by atoms with Gasteiger partial charge < -0.3 is 14.4 Å². The lowest BCUT2D eigenvalue weighted by Gasteiger charge is -2.22. The number of esters is 1. The molecule has 114 valence electrons. The van der Waals surface area contributed by atoms with E-state index in [0.717, 1.165) is 12.8 Å². The molecule has 0 aliphatic carbocycles. The molecule has 1 saturated heterocycles. The fourth-order valence-electron chi connectivity index (χ4n) is 2.50. The molecule has 0 spiro atoms. The maximum atomic E-state index is 12.6. The fraction of sp³-hybridized carbons (Fsp3) is 0.500. The average molecular weight is 291 g/mol. The summed E-state index contributed by atoms with van der Waals surface area (Å²) in [5.41, 5.74) is 0.541. The fourth-order valence-corrected chi connectivity index (χ4v) is 2.50. The number of rotatable bonds is 5. The minimum atomic E-state index is -0.470. The van der Waals surface area contributed by atoms with Gasteiger partial charge in [-0.1, -0.05) is 13.0 Å². The summed E-state index contributed by atoms with van der Waals surface area (Å²) in [6, 6.07) is 6.62. The van der Waals surface area contributed by atoms with Gasteiger partial charge in [0.05, 0.1) is 13.7 Å². The monoisotopic (exact) mass is 291 g/mol. The van der Waals surface area contributed by atoms with Crippen LogP contribution in [0.3, 0.4) is 0 Å². The maximum Gasteiger partial charge on any atom is 0.328 e. The second kappa shape index (κ2) is 7.11. The number of carbonyl (C=O) groups is 2. The maximum absolute atomic E-state index is 12.6. The molecule has 21 heavy (non-hydrogen) atoms. The second-order valence-electron chi connectivity index (χ2n) is 5.06. The van der Waals surface area contributed by atoms with E-state index in [9.17, 15) is 9.59 Å². The van der Waals surface area contributed by atoms with Gasteiger partial charge in [0.25, 0.3) is 5.91 Å². The molecule has 1 aliphatic rings. The molecule has 2 rings (SSSR count). The minimum Gasteiger partial charge on any atom is -0.494 e. The Hall–Kier alpha value is -2.04. The lowest BCUT2D eigenvalue weighted by molar-refractivity contribution is -0.145. The Labute approximate surface area is 124 Å². The van der Waals surface area contributed by atoms with Crippen LogP contribution in [0.2, 0.25) is 0 Å². The minimum absolute atomic E-state index is 0.148. The highest BCUT2D eigenvalue weighted by atomic mass is 16.5. The average Bonchev–Trinajstić information content (AvgIpc) is 3.01. The van der Waals surface area contributed by atoms with Crippen molar-refractivity contribution in [2.24, 2.45) is 0 Å². The lowest BCUT2D eigenvalue weighted by atomic mass is 10.1. The Balaban J connectivity index is 2.13. The summed E-state index contributed by atoms with van der Waals surface area (Å²) < 4.78 is 10.3. The number of carbonyl (C=O) groups excluding carboxylic acids is 2. The van der Waals surface area contributed by atoms with Crippen molar-refractivity contribution < 1.29 is 19.1 Å². The number of amides is 1. The van der Waals surface area contributed by atoms with Gasteiger partial charge in [0.2, 0.25) is 0 Å². The molecule has 1 unspecified atom stereocenters. The smallest absolute Gasteiger partial charge is 0.328 e. The topological polar surface area (TPSA) is 55.8 Å². The number of hydrogen-bond acceptors (Lipinski definition) is 4. The predicted molar refractivity (Wildman–Crippen MR) is 78.3 cm³/mol. The van der Waals surface area contributed by atoms with Crippen molar-refractivity contribution in [1.29, 1.82) is 0 Å². The highest BCUT2D eigenvalue weighted by molar-refractivity contribution is 5.97. The van der Waals surface area contributed by atoms with E-state index in [1.54, 1.807) is 23.1 Å². The van der Waals surface area contributed by atoms with Crippen LogP contribution >= 0.6 is 0 Å². The summed E-state index contributed by atoms with van der Waals surface area (Å²) in [4.78, 5) is 25.9. The summed E-state index contributed by atoms with van der Waals surface area (Å²) in [5.74, 6) is 0.181.